The number of hydrogen-bond acceptors (Lipinski definition) is 5. The highest BCUT2D eigenvalue weighted by molar-refractivity contribution is 6.38. The molecule has 1 N–H and O–H groups in total. The largest absolute Gasteiger partial charge is 0.396 e. The Morgan fingerprint density at radius 1 is 0.767 bits per heavy atom. The Morgan fingerprint density at radius 2 is 1.37 bits per heavy atom. The van der Waals surface area contributed by atoms with Gasteiger partial charge in [-0.15, -0.1) is 0 Å². The van der Waals surface area contributed by atoms with Crippen molar-refractivity contribution in [1.82, 2.24) is 0 Å². The van der Waals surface area contributed by atoms with Gasteiger partial charge >= 0.3 is 0 Å². The zero-order valence-electron chi connectivity index (χ0n) is 17.0. The van der Waals surface area contributed by atoms with Gasteiger partial charge in [-0.3, -0.25) is 19.2 Å². The van der Waals surface area contributed by atoms with Gasteiger partial charge in [0.05, 0.1) is 0 Å². The van der Waals surface area contributed by atoms with Crippen LogP contribution in [0.1, 0.15) is 59.4 Å². The quantitative estimate of drug-likeness (QED) is 0.834. The number of carbonyl (C=O) groups is 4. The number of hydrogen-bond donors (Lipinski definition) is 1. The molecule has 152 valence electrons. The molecule has 1 aromatic rings. The summed E-state index contributed by atoms with van der Waals surface area (Å²) in [7, 11) is 0. The van der Waals surface area contributed by atoms with Gasteiger partial charge in [0.25, 0.3) is 0 Å². The number of aliphatic hydroxyl groups excluding tert-OH is 1. The Morgan fingerprint density at radius 3 is 2.03 bits per heavy atom. The van der Waals surface area contributed by atoms with Crippen LogP contribution in [0.4, 0.5) is 0 Å². The molecule has 0 heterocycles. The van der Waals surface area contributed by atoms with Gasteiger partial charge < -0.3 is 5.11 Å². The predicted molar refractivity (Wildman–Crippen MR) is 111 cm³/mol. The van der Waals surface area contributed by atoms with Gasteiger partial charge in [0.15, 0.2) is 23.1 Å². The maximum atomic E-state index is 13.5. The van der Waals surface area contributed by atoms with Crippen LogP contribution < -0.4 is 0 Å². The van der Waals surface area contributed by atoms with E-state index >= 15 is 0 Å². The number of fused-ring (bicyclic) bond motifs is 2. The fourth-order valence-electron chi connectivity index (χ4n) is 4.36. The van der Waals surface area contributed by atoms with Crippen molar-refractivity contribution >= 4 is 23.1 Å². The Bertz CT molecular complexity index is 1150. The van der Waals surface area contributed by atoms with Gasteiger partial charge in [-0.2, -0.15) is 0 Å². The average molecular weight is 402 g/mol. The highest BCUT2D eigenvalue weighted by Gasteiger charge is 2.40. The van der Waals surface area contributed by atoms with E-state index in [1.807, 2.05) is 0 Å². The number of rotatable bonds is 4. The molecule has 3 aliphatic carbocycles. The van der Waals surface area contributed by atoms with Crippen LogP contribution >= 0.6 is 0 Å². The monoisotopic (exact) mass is 402 g/mol. The SMILES string of the molecule is CC1=C(C2=C(C)C(=O)c3ccc(CCCO)cc3C2=O)C(=O)C2=CCCC=C2C1=O. The summed E-state index contributed by atoms with van der Waals surface area (Å²) in [6.45, 7) is 3.12. The van der Waals surface area contributed by atoms with E-state index in [1.54, 1.807) is 37.3 Å². The molecule has 1 aromatic carbocycles. The lowest BCUT2D eigenvalue weighted by Gasteiger charge is -2.27. The second-order valence-corrected chi connectivity index (χ2v) is 7.84. The van der Waals surface area contributed by atoms with Crippen molar-refractivity contribution in [3.05, 3.63) is 80.5 Å². The lowest BCUT2D eigenvalue weighted by Crippen LogP contribution is -2.31. The first-order valence-corrected chi connectivity index (χ1v) is 10.1. The molecule has 5 heteroatoms. The standard InChI is InChI=1S/C25H22O5/c1-13-20(24(29)17-8-4-3-7-16(17)22(13)27)21-14(2)23(28)18-10-9-15(6-5-11-26)12-19(18)25(21)30/h7-10,12,26H,3-6,11H2,1-2H3. The van der Waals surface area contributed by atoms with Crippen LogP contribution in [0, 0.1) is 0 Å². The number of Topliss-reactive ketones (excluding diaryl/α,β-unsaturated/α-hetero) is 4. The van der Waals surface area contributed by atoms with E-state index in [4.69, 9.17) is 5.11 Å². The average Bonchev–Trinajstić information content (AvgIpc) is 2.76. The van der Waals surface area contributed by atoms with Crippen molar-refractivity contribution in [2.45, 2.75) is 39.5 Å². The minimum absolute atomic E-state index is 0.0296. The number of aliphatic hydroxyl groups is 1. The van der Waals surface area contributed by atoms with E-state index < -0.39 is 5.78 Å². The Balaban J connectivity index is 1.87. The molecule has 3 aliphatic rings. The Hall–Kier alpha value is -3.18. The maximum Gasteiger partial charge on any atom is 0.194 e. The number of carbonyl (C=O) groups excluding carboxylic acids is 4. The number of aryl methyl sites for hydroxylation is 1. The summed E-state index contributed by atoms with van der Waals surface area (Å²) in [5.74, 6) is -1.35. The van der Waals surface area contributed by atoms with E-state index in [9.17, 15) is 19.2 Å². The zero-order chi connectivity index (χ0) is 21.6. The molecule has 0 aromatic heterocycles. The van der Waals surface area contributed by atoms with Crippen LogP contribution in [-0.4, -0.2) is 34.8 Å². The van der Waals surface area contributed by atoms with Crippen LogP contribution in [0.5, 0.6) is 0 Å². The molecule has 0 radical (unpaired) electrons. The van der Waals surface area contributed by atoms with Crippen molar-refractivity contribution in [2.75, 3.05) is 6.61 Å². The van der Waals surface area contributed by atoms with Crippen molar-refractivity contribution in [2.24, 2.45) is 0 Å². The molecule has 0 fully saturated rings. The minimum atomic E-state index is -0.410. The molecule has 0 aliphatic heterocycles. The smallest absolute Gasteiger partial charge is 0.194 e. The molecule has 0 saturated heterocycles. The maximum absolute atomic E-state index is 13.5. The second-order valence-electron chi connectivity index (χ2n) is 7.84. The summed E-state index contributed by atoms with van der Waals surface area (Å²) in [5.41, 5.74) is 2.59. The Kier molecular flexibility index (Phi) is 5.08. The molecule has 4 rings (SSSR count). The van der Waals surface area contributed by atoms with Gasteiger partial charge in [0, 0.05) is 51.2 Å². The molecule has 30 heavy (non-hydrogen) atoms. The van der Waals surface area contributed by atoms with Crippen LogP contribution in [0.2, 0.25) is 0 Å². The summed E-state index contributed by atoms with van der Waals surface area (Å²) in [6, 6.07) is 5.07. The molecule has 0 bridgehead atoms. The number of benzene rings is 1. The van der Waals surface area contributed by atoms with E-state index in [0.717, 1.165) is 5.56 Å². The van der Waals surface area contributed by atoms with Gasteiger partial charge in [0.1, 0.15) is 0 Å². The highest BCUT2D eigenvalue weighted by atomic mass is 16.3. The minimum Gasteiger partial charge on any atom is -0.396 e. The van der Waals surface area contributed by atoms with Crippen molar-refractivity contribution < 1.29 is 24.3 Å². The lowest BCUT2D eigenvalue weighted by molar-refractivity contribution is -0.116. The van der Waals surface area contributed by atoms with E-state index in [1.165, 1.54) is 6.92 Å². The first-order valence-electron chi connectivity index (χ1n) is 10.1. The van der Waals surface area contributed by atoms with Crippen LogP contribution in [-0.2, 0) is 16.0 Å². The topological polar surface area (TPSA) is 88.5 Å². The third-order valence-electron chi connectivity index (χ3n) is 5.98. The fraction of sp³-hybridized carbons (Fsp3) is 0.280. The third-order valence-corrected chi connectivity index (χ3v) is 5.98. The van der Waals surface area contributed by atoms with Crippen LogP contribution in [0.15, 0.2) is 63.8 Å². The summed E-state index contributed by atoms with van der Waals surface area (Å²) < 4.78 is 0. The molecular formula is C25H22O5. The van der Waals surface area contributed by atoms with Gasteiger partial charge in [-0.25, -0.2) is 0 Å². The Labute approximate surface area is 174 Å². The second kappa shape index (κ2) is 7.58. The number of ketones is 4. The molecule has 0 amide bonds. The van der Waals surface area contributed by atoms with Crippen LogP contribution in [0.3, 0.4) is 0 Å². The van der Waals surface area contributed by atoms with E-state index in [0.29, 0.717) is 42.4 Å². The fourth-order valence-corrected chi connectivity index (χ4v) is 4.36. The molecule has 0 atom stereocenters. The van der Waals surface area contributed by atoms with Crippen molar-refractivity contribution in [3.8, 4) is 0 Å². The van der Waals surface area contributed by atoms with Gasteiger partial charge in [0.2, 0.25) is 0 Å². The van der Waals surface area contributed by atoms with Gasteiger partial charge in [-0.05, 0) is 51.2 Å². The zero-order valence-corrected chi connectivity index (χ0v) is 17.0. The van der Waals surface area contributed by atoms with Crippen molar-refractivity contribution in [3.63, 3.8) is 0 Å². The first kappa shape index (κ1) is 20.1. The van der Waals surface area contributed by atoms with Crippen LogP contribution in [0.25, 0.3) is 0 Å². The summed E-state index contributed by atoms with van der Waals surface area (Å²) in [6.07, 6.45) is 5.99. The molecule has 0 spiro atoms. The molecular weight excluding hydrogens is 380 g/mol. The normalized spacial score (nSPS) is 19.0. The third kappa shape index (κ3) is 2.97. The van der Waals surface area contributed by atoms with Crippen molar-refractivity contribution in [1.29, 1.82) is 0 Å². The van der Waals surface area contributed by atoms with E-state index in [2.05, 4.69) is 0 Å². The number of allylic oxidation sites excluding steroid dienone is 8. The summed E-state index contributed by atoms with van der Waals surface area (Å²) in [4.78, 5) is 52.7. The highest BCUT2D eigenvalue weighted by Crippen LogP contribution is 2.39. The van der Waals surface area contributed by atoms with E-state index in [-0.39, 0.29) is 51.8 Å². The molecule has 0 saturated carbocycles. The summed E-state index contributed by atoms with van der Waals surface area (Å²) >= 11 is 0. The lowest BCUT2D eigenvalue weighted by atomic mass is 9.72. The summed E-state index contributed by atoms with van der Waals surface area (Å²) in [5, 5.41) is 9.07. The van der Waals surface area contributed by atoms with Gasteiger partial charge in [-0.1, -0.05) is 24.3 Å². The predicted octanol–water partition coefficient (Wildman–Crippen LogP) is 3.42. The first-order chi connectivity index (χ1) is 14.4. The molecule has 0 unspecified atom stereocenters. The molecule has 5 nitrogen and oxygen atoms in total.